The molecular weight excluding hydrogens is 348 g/mol. The zero-order chi connectivity index (χ0) is 20.7. The van der Waals surface area contributed by atoms with Gasteiger partial charge in [-0.05, 0) is 17.5 Å². The van der Waals surface area contributed by atoms with Crippen molar-refractivity contribution in [2.45, 2.75) is 90.9 Å². The molecule has 0 rings (SSSR count). The molecule has 0 N–H and O–H groups in total. The van der Waals surface area contributed by atoms with Gasteiger partial charge in [0.15, 0.2) is 0 Å². The third-order valence-corrected chi connectivity index (χ3v) is 14.4. The Balaban J connectivity index is 0. The summed E-state index contributed by atoms with van der Waals surface area (Å²) in [5.41, 5.74) is 0.523. The Labute approximate surface area is 160 Å². The predicted octanol–water partition coefficient (Wildman–Crippen LogP) is 6.11. The summed E-state index contributed by atoms with van der Waals surface area (Å²) in [4.78, 5) is 0. The van der Waals surface area contributed by atoms with E-state index < -0.39 is 17.1 Å². The van der Waals surface area contributed by atoms with Gasteiger partial charge in [0.1, 0.15) is 0 Å². The van der Waals surface area contributed by atoms with Crippen molar-refractivity contribution in [2.75, 3.05) is 28.4 Å². The van der Waals surface area contributed by atoms with Gasteiger partial charge >= 0.3 is 17.1 Å². The van der Waals surface area contributed by atoms with E-state index in [1.807, 2.05) is 0 Å². The topological polar surface area (TPSA) is 36.9 Å². The second kappa shape index (κ2) is 10.6. The van der Waals surface area contributed by atoms with Crippen LogP contribution in [0.1, 0.15) is 69.2 Å². The van der Waals surface area contributed by atoms with Gasteiger partial charge in [-0.25, -0.2) is 0 Å². The molecule has 0 heterocycles. The lowest BCUT2D eigenvalue weighted by Crippen LogP contribution is -2.55. The van der Waals surface area contributed by atoms with Crippen molar-refractivity contribution in [1.29, 1.82) is 0 Å². The summed E-state index contributed by atoms with van der Waals surface area (Å²) in [5.74, 6) is 0.652. The highest BCUT2D eigenvalue weighted by molar-refractivity contribution is 6.73. The van der Waals surface area contributed by atoms with Crippen LogP contribution in [0.5, 0.6) is 0 Å². The molecule has 0 bridgehead atoms. The highest BCUT2D eigenvalue weighted by Crippen LogP contribution is 2.51. The zero-order valence-corrected chi connectivity index (χ0v) is 21.5. The normalized spacial score (nSPS) is 13.9. The average Bonchev–Trinajstić information content (AvgIpc) is 2.43. The highest BCUT2D eigenvalue weighted by atomic mass is 28.4. The van der Waals surface area contributed by atoms with Crippen molar-refractivity contribution in [3.8, 4) is 0 Å². The molecule has 0 fully saturated rings. The van der Waals surface area contributed by atoms with Crippen LogP contribution in [0.15, 0.2) is 0 Å². The summed E-state index contributed by atoms with van der Waals surface area (Å²) in [6, 6.07) is 1.08. The molecule has 6 heteroatoms. The summed E-state index contributed by atoms with van der Waals surface area (Å²) in [7, 11) is 3.06. The number of hydrogen-bond acceptors (Lipinski definition) is 4. The molecule has 0 unspecified atom stereocenters. The molecule has 0 saturated carbocycles. The van der Waals surface area contributed by atoms with E-state index in [0.29, 0.717) is 11.5 Å². The van der Waals surface area contributed by atoms with E-state index in [1.165, 1.54) is 0 Å². The monoisotopic (exact) mass is 394 g/mol. The van der Waals surface area contributed by atoms with Crippen LogP contribution in [0.2, 0.25) is 21.7 Å². The Morgan fingerprint density at radius 1 is 0.640 bits per heavy atom. The van der Waals surface area contributed by atoms with E-state index in [0.717, 1.165) is 6.04 Å². The fourth-order valence-electron chi connectivity index (χ4n) is 3.96. The second-order valence-electron chi connectivity index (χ2n) is 9.50. The minimum Gasteiger partial charge on any atom is -0.397 e. The smallest absolute Gasteiger partial charge is 0.348 e. The molecule has 0 aromatic heterocycles. The fraction of sp³-hybridized carbons (Fsp3) is 1.00. The minimum atomic E-state index is -2.15. The molecule has 0 radical (unpaired) electrons. The van der Waals surface area contributed by atoms with Gasteiger partial charge in [0.05, 0.1) is 0 Å². The molecule has 0 spiro atoms. The minimum absolute atomic E-state index is 0.0920. The van der Waals surface area contributed by atoms with Crippen LogP contribution >= 0.6 is 0 Å². The van der Waals surface area contributed by atoms with Crippen molar-refractivity contribution in [3.63, 3.8) is 0 Å². The maximum atomic E-state index is 5.73. The first-order chi connectivity index (χ1) is 11.1. The SMILES string of the molecule is CO[Si](CC(C)C)(OC)C(C)C.CO[Si](OC)(C(C)(C)C)C(C)(C)C. The summed E-state index contributed by atoms with van der Waals surface area (Å²) in [6.07, 6.45) is 0. The van der Waals surface area contributed by atoms with Gasteiger partial charge < -0.3 is 17.7 Å². The van der Waals surface area contributed by atoms with Crippen molar-refractivity contribution in [2.24, 2.45) is 5.92 Å². The Morgan fingerprint density at radius 3 is 1.00 bits per heavy atom. The summed E-state index contributed by atoms with van der Waals surface area (Å²) in [6.45, 7) is 21.9. The van der Waals surface area contributed by atoms with Gasteiger partial charge in [-0.1, -0.05) is 69.2 Å². The van der Waals surface area contributed by atoms with E-state index in [2.05, 4.69) is 69.2 Å². The lowest BCUT2D eigenvalue weighted by atomic mass is 10.2. The zero-order valence-electron chi connectivity index (χ0n) is 19.5. The first-order valence-corrected chi connectivity index (χ1v) is 13.2. The maximum absolute atomic E-state index is 5.73. The molecule has 4 nitrogen and oxygen atoms in total. The number of hydrogen-bond donors (Lipinski definition) is 0. The Morgan fingerprint density at radius 2 is 0.960 bits per heavy atom. The predicted molar refractivity (Wildman–Crippen MR) is 114 cm³/mol. The third-order valence-electron chi connectivity index (χ3n) is 4.81. The van der Waals surface area contributed by atoms with Crippen LogP contribution in [0.4, 0.5) is 0 Å². The van der Waals surface area contributed by atoms with Crippen LogP contribution in [0.3, 0.4) is 0 Å². The van der Waals surface area contributed by atoms with E-state index in [4.69, 9.17) is 17.7 Å². The van der Waals surface area contributed by atoms with Gasteiger partial charge in [0.2, 0.25) is 0 Å². The highest BCUT2D eigenvalue weighted by Gasteiger charge is 2.56. The second-order valence-corrected chi connectivity index (χ2v) is 18.6. The van der Waals surface area contributed by atoms with E-state index >= 15 is 0 Å². The molecular formula is C19H46O4Si2. The quantitative estimate of drug-likeness (QED) is 0.488. The van der Waals surface area contributed by atoms with E-state index in [-0.39, 0.29) is 10.1 Å². The first-order valence-electron chi connectivity index (χ1n) is 9.31. The van der Waals surface area contributed by atoms with Crippen LogP contribution in [-0.4, -0.2) is 45.6 Å². The lowest BCUT2D eigenvalue weighted by Gasteiger charge is -2.47. The summed E-state index contributed by atoms with van der Waals surface area (Å²) in [5, 5.41) is 0.184. The van der Waals surface area contributed by atoms with Gasteiger partial charge in [-0.2, -0.15) is 0 Å². The largest absolute Gasteiger partial charge is 0.397 e. The Hall–Kier alpha value is 0.274. The lowest BCUT2D eigenvalue weighted by molar-refractivity contribution is 0.186. The summed E-state index contributed by atoms with van der Waals surface area (Å²) >= 11 is 0. The average molecular weight is 395 g/mol. The molecule has 0 aromatic carbocycles. The van der Waals surface area contributed by atoms with Crippen molar-refractivity contribution >= 4 is 17.1 Å². The molecule has 0 aliphatic rings. The van der Waals surface area contributed by atoms with Crippen molar-refractivity contribution in [3.05, 3.63) is 0 Å². The van der Waals surface area contributed by atoms with Crippen LogP contribution < -0.4 is 0 Å². The Bertz CT molecular complexity index is 333. The molecule has 0 aliphatic carbocycles. The van der Waals surface area contributed by atoms with Crippen molar-refractivity contribution < 1.29 is 17.7 Å². The molecule has 154 valence electrons. The van der Waals surface area contributed by atoms with E-state index in [9.17, 15) is 0 Å². The Kier molecular flexibility index (Phi) is 11.6. The van der Waals surface area contributed by atoms with Gasteiger partial charge in [-0.3, -0.25) is 0 Å². The van der Waals surface area contributed by atoms with Crippen molar-refractivity contribution in [1.82, 2.24) is 0 Å². The summed E-state index contributed by atoms with van der Waals surface area (Å²) < 4.78 is 22.6. The van der Waals surface area contributed by atoms with Crippen LogP contribution in [0.25, 0.3) is 0 Å². The van der Waals surface area contributed by atoms with Gasteiger partial charge in [0.25, 0.3) is 0 Å². The molecule has 0 saturated heterocycles. The number of rotatable bonds is 7. The molecule has 25 heavy (non-hydrogen) atoms. The first kappa shape index (κ1) is 27.5. The molecule has 0 aliphatic heterocycles. The van der Waals surface area contributed by atoms with Gasteiger partial charge in [0, 0.05) is 38.5 Å². The van der Waals surface area contributed by atoms with Gasteiger partial charge in [-0.15, -0.1) is 0 Å². The molecule has 0 amide bonds. The standard InChI is InChI=1S/C10H24O2Si.C9H22O2Si/c1-9(2,3)13(11-7,12-8)10(4,5)6;1-8(2)7-12(10-5,11-6)9(3)4/h1-8H3;8-9H,7H2,1-6H3. The van der Waals surface area contributed by atoms with Crippen LogP contribution in [0, 0.1) is 5.92 Å². The molecule has 0 aromatic rings. The maximum Gasteiger partial charge on any atom is 0.348 e. The molecule has 0 atom stereocenters. The van der Waals surface area contributed by atoms with Crippen LogP contribution in [-0.2, 0) is 17.7 Å². The third kappa shape index (κ3) is 7.07. The fourth-order valence-corrected chi connectivity index (χ4v) is 11.9. The van der Waals surface area contributed by atoms with E-state index in [1.54, 1.807) is 28.4 Å².